The lowest BCUT2D eigenvalue weighted by Crippen LogP contribution is -2.66. The van der Waals surface area contributed by atoms with Gasteiger partial charge in [0.2, 0.25) is 0 Å². The van der Waals surface area contributed by atoms with Crippen LogP contribution >= 0.6 is 0 Å². The Morgan fingerprint density at radius 3 is 2.31 bits per heavy atom. The highest BCUT2D eigenvalue weighted by atomic mass is 16.6. The minimum absolute atomic E-state index is 0.0371. The molecule has 4 aliphatic heterocycles. The van der Waals surface area contributed by atoms with Gasteiger partial charge in [0.05, 0.1) is 42.0 Å². The fourth-order valence-corrected chi connectivity index (χ4v) is 5.95. The van der Waals surface area contributed by atoms with Crippen LogP contribution in [0.3, 0.4) is 0 Å². The van der Waals surface area contributed by atoms with Crippen LogP contribution in [-0.2, 0) is 19.0 Å². The van der Waals surface area contributed by atoms with Crippen LogP contribution in [0, 0.1) is 0 Å². The zero-order valence-electron chi connectivity index (χ0n) is 17.1. The van der Waals surface area contributed by atoms with Crippen LogP contribution in [0.1, 0.15) is 70.7 Å². The van der Waals surface area contributed by atoms with Gasteiger partial charge in [-0.1, -0.05) is 0 Å². The molecule has 7 rings (SSSR count). The van der Waals surface area contributed by atoms with Gasteiger partial charge in [0, 0.05) is 28.7 Å². The number of hydrogen-bond acceptors (Lipinski definition) is 10. The van der Waals surface area contributed by atoms with Crippen LogP contribution < -0.4 is 0 Å². The van der Waals surface area contributed by atoms with E-state index in [2.05, 4.69) is 0 Å². The topological polar surface area (TPSA) is 160 Å². The summed E-state index contributed by atoms with van der Waals surface area (Å²) in [6, 6.07) is 0. The van der Waals surface area contributed by atoms with Crippen molar-refractivity contribution in [1.29, 1.82) is 0 Å². The van der Waals surface area contributed by atoms with Crippen LogP contribution in [0.25, 0.3) is 0 Å². The molecule has 1 aromatic carbocycles. The van der Waals surface area contributed by atoms with Crippen molar-refractivity contribution in [3.8, 4) is 11.5 Å². The highest BCUT2D eigenvalue weighted by Crippen LogP contribution is 2.57. The summed E-state index contributed by atoms with van der Waals surface area (Å²) in [5, 5.41) is 44.0. The Labute approximate surface area is 181 Å². The number of phenolic OH excluding ortho intramolecular Hbond substituents is 2. The van der Waals surface area contributed by atoms with Gasteiger partial charge in [-0.2, -0.15) is 0 Å². The highest BCUT2D eigenvalue weighted by Gasteiger charge is 2.62. The number of aliphatic hydroxyl groups excluding tert-OH is 1. The summed E-state index contributed by atoms with van der Waals surface area (Å²) >= 11 is 0. The number of hydrogen-bond donors (Lipinski definition) is 4. The summed E-state index contributed by atoms with van der Waals surface area (Å²) < 4.78 is 16.7. The van der Waals surface area contributed by atoms with Gasteiger partial charge < -0.3 is 34.6 Å². The molecule has 0 radical (unpaired) electrons. The van der Waals surface area contributed by atoms with Gasteiger partial charge in [-0.05, 0) is 13.8 Å². The number of aliphatic hydroxyl groups is 2. The highest BCUT2D eigenvalue weighted by molar-refractivity contribution is 6.30. The molecule has 2 fully saturated rings. The summed E-state index contributed by atoms with van der Waals surface area (Å²) in [7, 11) is 0. The van der Waals surface area contributed by atoms with E-state index in [0.717, 1.165) is 0 Å². The summed E-state index contributed by atoms with van der Waals surface area (Å²) in [5.41, 5.74) is -3.41. The summed E-state index contributed by atoms with van der Waals surface area (Å²) in [4.78, 5) is 39.0. The SMILES string of the molecule is CC1O[C@@H]2CC(=O)O[C@@H]2c2c(O)c3c(c(O)c21)C(=O)C1=C(C3=O)[C@H]2C[C@@H](O)[C@]1(O)[C@H](C)O2. The van der Waals surface area contributed by atoms with Crippen LogP contribution in [0.5, 0.6) is 11.5 Å². The molecular weight excluding hydrogens is 424 g/mol. The maximum atomic E-state index is 13.6. The molecule has 2 aliphatic carbocycles. The molecule has 0 saturated carbocycles. The summed E-state index contributed by atoms with van der Waals surface area (Å²) in [5.74, 6) is -3.36. The first-order chi connectivity index (χ1) is 15.1. The second-order valence-electron chi connectivity index (χ2n) is 9.00. The van der Waals surface area contributed by atoms with Crippen molar-refractivity contribution in [2.24, 2.45) is 0 Å². The maximum Gasteiger partial charge on any atom is 0.309 e. The third-order valence-electron chi connectivity index (χ3n) is 7.41. The summed E-state index contributed by atoms with van der Waals surface area (Å²) in [6.07, 6.45) is -5.97. The third kappa shape index (κ3) is 2.06. The van der Waals surface area contributed by atoms with E-state index < -0.39 is 82.4 Å². The lowest BCUT2D eigenvalue weighted by Gasteiger charge is -2.52. The van der Waals surface area contributed by atoms with E-state index >= 15 is 0 Å². The number of Topliss-reactive ketones (excluding diaryl/α,β-unsaturated/α-hetero) is 2. The van der Waals surface area contributed by atoms with E-state index in [4.69, 9.17) is 14.2 Å². The Hall–Kier alpha value is -2.79. The number of ketones is 2. The van der Waals surface area contributed by atoms with Crippen molar-refractivity contribution in [3.05, 3.63) is 33.4 Å². The largest absolute Gasteiger partial charge is 0.507 e. The first kappa shape index (κ1) is 19.9. The van der Waals surface area contributed by atoms with Gasteiger partial charge in [-0.25, -0.2) is 0 Å². The van der Waals surface area contributed by atoms with E-state index in [0.29, 0.717) is 0 Å². The molecule has 7 atom stereocenters. The molecule has 1 unspecified atom stereocenters. The predicted molar refractivity (Wildman–Crippen MR) is 102 cm³/mol. The smallest absolute Gasteiger partial charge is 0.309 e. The van der Waals surface area contributed by atoms with Gasteiger partial charge in [-0.3, -0.25) is 14.4 Å². The average Bonchev–Trinajstić information content (AvgIpc) is 3.09. The van der Waals surface area contributed by atoms with E-state index in [1.165, 1.54) is 6.92 Å². The molecule has 1 aromatic rings. The van der Waals surface area contributed by atoms with Crippen LogP contribution in [0.2, 0.25) is 0 Å². The number of carbonyl (C=O) groups is 3. The van der Waals surface area contributed by atoms with Crippen molar-refractivity contribution in [3.63, 3.8) is 0 Å². The van der Waals surface area contributed by atoms with Crippen molar-refractivity contribution in [2.75, 3.05) is 0 Å². The van der Waals surface area contributed by atoms with Gasteiger partial charge in [0.25, 0.3) is 0 Å². The number of ether oxygens (including phenoxy) is 3. The molecule has 6 aliphatic rings. The van der Waals surface area contributed by atoms with Crippen LogP contribution in [0.15, 0.2) is 11.1 Å². The molecule has 168 valence electrons. The molecule has 0 spiro atoms. The van der Waals surface area contributed by atoms with Gasteiger partial charge >= 0.3 is 5.97 Å². The van der Waals surface area contributed by atoms with Crippen molar-refractivity contribution < 1.29 is 49.0 Å². The Kier molecular flexibility index (Phi) is 3.70. The monoisotopic (exact) mass is 444 g/mol. The van der Waals surface area contributed by atoms with E-state index in [1.54, 1.807) is 6.92 Å². The molecular formula is C22H20O10. The number of benzene rings is 1. The van der Waals surface area contributed by atoms with Crippen molar-refractivity contribution in [1.82, 2.24) is 0 Å². The fraction of sp³-hybridized carbons (Fsp3) is 0.500. The molecule has 4 N–H and O–H groups in total. The third-order valence-corrected chi connectivity index (χ3v) is 7.41. The number of aromatic hydroxyl groups is 2. The van der Waals surface area contributed by atoms with Crippen LogP contribution in [0.4, 0.5) is 0 Å². The van der Waals surface area contributed by atoms with Gasteiger partial charge in [0.1, 0.15) is 23.2 Å². The first-order valence-electron chi connectivity index (χ1n) is 10.4. The maximum absolute atomic E-state index is 13.6. The standard InChI is InChI=1S/C22H20O10/c1-5-11-15(21-8(30-5)4-10(24)32-21)19(27)13-14(17(11)25)20(28)16-12(18(13)26)7-3-9(23)22(16,29)6(2)31-7/h5-9,21,23,25,27,29H,3-4H2,1-2H3/t5?,6-,7+,8+,9+,21-,22+/m0/s1. The van der Waals surface area contributed by atoms with E-state index in [9.17, 15) is 34.8 Å². The quantitative estimate of drug-likeness (QED) is 0.328. The number of phenols is 2. The number of carbonyl (C=O) groups excluding carboxylic acids is 3. The first-order valence-corrected chi connectivity index (χ1v) is 10.4. The van der Waals surface area contributed by atoms with Crippen LogP contribution in [-0.4, -0.2) is 68.0 Å². The molecule has 32 heavy (non-hydrogen) atoms. The number of esters is 1. The molecule has 10 nitrogen and oxygen atoms in total. The lowest BCUT2D eigenvalue weighted by atomic mass is 9.63. The van der Waals surface area contributed by atoms with Gasteiger partial charge in [0.15, 0.2) is 17.7 Å². The van der Waals surface area contributed by atoms with E-state index in [-0.39, 0.29) is 35.1 Å². The van der Waals surface area contributed by atoms with Crippen molar-refractivity contribution >= 4 is 17.5 Å². The lowest BCUT2D eigenvalue weighted by molar-refractivity contribution is -0.207. The molecule has 4 heterocycles. The minimum Gasteiger partial charge on any atom is -0.507 e. The molecule has 10 heteroatoms. The summed E-state index contributed by atoms with van der Waals surface area (Å²) in [6.45, 7) is 3.07. The normalized spacial score (nSPS) is 39.4. The average molecular weight is 444 g/mol. The Balaban J connectivity index is 1.64. The number of rotatable bonds is 0. The second-order valence-corrected chi connectivity index (χ2v) is 9.00. The molecule has 0 amide bonds. The minimum atomic E-state index is -2.14. The van der Waals surface area contributed by atoms with Crippen molar-refractivity contribution in [2.45, 2.75) is 68.9 Å². The zero-order chi connectivity index (χ0) is 22.9. The molecule has 0 aromatic heterocycles. The predicted octanol–water partition coefficient (Wildman–Crippen LogP) is 0.504. The zero-order valence-corrected chi connectivity index (χ0v) is 17.1. The second kappa shape index (κ2) is 5.96. The van der Waals surface area contributed by atoms with Gasteiger partial charge in [-0.15, -0.1) is 0 Å². The Bertz CT molecular complexity index is 1170. The molecule has 2 saturated heterocycles. The Morgan fingerprint density at radius 2 is 1.62 bits per heavy atom. The number of fused-ring (bicyclic) bond motifs is 6. The van der Waals surface area contributed by atoms with E-state index in [1.807, 2.05) is 0 Å². The molecule has 2 bridgehead atoms. The fourth-order valence-electron chi connectivity index (χ4n) is 5.95. The Morgan fingerprint density at radius 1 is 0.969 bits per heavy atom.